The lowest BCUT2D eigenvalue weighted by Gasteiger charge is -2.19. The van der Waals surface area contributed by atoms with Gasteiger partial charge in [-0.05, 0) is 111 Å². The van der Waals surface area contributed by atoms with Crippen LogP contribution >= 0.6 is 0 Å². The molecule has 0 atom stereocenters. The van der Waals surface area contributed by atoms with Crippen molar-refractivity contribution in [1.82, 2.24) is 4.57 Å². The van der Waals surface area contributed by atoms with Crippen LogP contribution in [-0.4, -0.2) is 4.57 Å². The van der Waals surface area contributed by atoms with Crippen molar-refractivity contribution < 1.29 is 0 Å². The van der Waals surface area contributed by atoms with Crippen LogP contribution < -0.4 is 11.1 Å². The third-order valence-corrected chi connectivity index (χ3v) is 11.0. The predicted molar refractivity (Wildman–Crippen MR) is 207 cm³/mol. The summed E-state index contributed by atoms with van der Waals surface area (Å²) in [5.74, 6) is 0.256. The Kier molecular flexibility index (Phi) is 5.69. The minimum atomic E-state index is -0.236. The molecule has 0 saturated heterocycles. The van der Waals surface area contributed by atoms with E-state index in [2.05, 4.69) is 131 Å². The molecule has 0 bridgehead atoms. The summed E-state index contributed by atoms with van der Waals surface area (Å²) in [6.45, 7) is 8.53. The number of para-hydroxylation sites is 1. The zero-order valence-corrected chi connectivity index (χ0v) is 27.9. The Bertz CT molecular complexity index is 2810. The summed E-state index contributed by atoms with van der Waals surface area (Å²) in [5.41, 5.74) is 6.62. The Balaban J connectivity index is 1.52. The molecule has 0 N–H and O–H groups in total. The number of aromatic nitrogens is 1. The van der Waals surface area contributed by atoms with Crippen molar-refractivity contribution in [1.29, 1.82) is 0 Å². The summed E-state index contributed by atoms with van der Waals surface area (Å²) in [6.07, 6.45) is 0. The number of hydrogen-bond donors (Lipinski definition) is 0. The van der Waals surface area contributed by atoms with Gasteiger partial charge in [0, 0.05) is 0 Å². The summed E-state index contributed by atoms with van der Waals surface area (Å²) < 4.78 is 1.51. The Morgan fingerprint density at radius 3 is 1.29 bits per heavy atom. The fourth-order valence-electron chi connectivity index (χ4n) is 8.87. The summed E-state index contributed by atoms with van der Waals surface area (Å²) in [4.78, 5) is 30.4. The van der Waals surface area contributed by atoms with Gasteiger partial charge in [0.1, 0.15) is 0 Å². The molecule has 0 radical (unpaired) electrons. The van der Waals surface area contributed by atoms with Crippen LogP contribution in [0.15, 0.2) is 125 Å². The maximum Gasteiger partial charge on any atom is 0.266 e. The lowest BCUT2D eigenvalue weighted by molar-refractivity contribution is 0.796. The average Bonchev–Trinajstić information content (AvgIpc) is 3.62. The second kappa shape index (κ2) is 9.87. The number of rotatable bonds is 5. The normalized spacial score (nSPS) is 12.6. The second-order valence-electron chi connectivity index (χ2n) is 14.3. The molecule has 3 heteroatoms. The van der Waals surface area contributed by atoms with Gasteiger partial charge in [-0.25, -0.2) is 4.57 Å². The van der Waals surface area contributed by atoms with Crippen LogP contribution in [0, 0.1) is 0 Å². The van der Waals surface area contributed by atoms with Crippen molar-refractivity contribution in [3.63, 3.8) is 0 Å². The van der Waals surface area contributed by atoms with Gasteiger partial charge in [0.05, 0.1) is 16.5 Å². The van der Waals surface area contributed by atoms with Crippen molar-refractivity contribution in [2.24, 2.45) is 0 Å². The van der Waals surface area contributed by atoms with Gasteiger partial charge in [0.15, 0.2) is 0 Å². The van der Waals surface area contributed by atoms with E-state index in [-0.39, 0.29) is 23.0 Å². The third kappa shape index (κ3) is 3.57. The van der Waals surface area contributed by atoms with Crippen LogP contribution in [0.25, 0.3) is 92.6 Å². The van der Waals surface area contributed by atoms with E-state index in [4.69, 9.17) is 0 Å². The first-order chi connectivity index (χ1) is 23.8. The van der Waals surface area contributed by atoms with Crippen molar-refractivity contribution in [2.75, 3.05) is 0 Å². The van der Waals surface area contributed by atoms with Gasteiger partial charge in [-0.15, -0.1) is 0 Å². The molecule has 3 nitrogen and oxygen atoms in total. The number of benzene rings is 8. The van der Waals surface area contributed by atoms with Crippen molar-refractivity contribution in [2.45, 2.75) is 39.5 Å². The summed E-state index contributed by atoms with van der Waals surface area (Å²) in [5, 5.41) is 12.0. The Hall–Kier alpha value is -5.80. The first-order valence-electron chi connectivity index (χ1n) is 17.3. The van der Waals surface area contributed by atoms with E-state index in [1.54, 1.807) is 0 Å². The highest BCUT2D eigenvalue weighted by Gasteiger charge is 2.30. The molecule has 234 valence electrons. The summed E-state index contributed by atoms with van der Waals surface area (Å²) in [6, 6.07) is 40.3. The fraction of sp³-hybridized carbons (Fsp3) is 0.130. The van der Waals surface area contributed by atoms with Crippen LogP contribution in [0.1, 0.15) is 50.7 Å². The molecule has 0 fully saturated rings. The highest BCUT2D eigenvalue weighted by Crippen LogP contribution is 2.53. The van der Waals surface area contributed by atoms with E-state index in [1.807, 2.05) is 12.1 Å². The maximum absolute atomic E-state index is 15.2. The summed E-state index contributed by atoms with van der Waals surface area (Å²) >= 11 is 0. The zero-order chi connectivity index (χ0) is 33.3. The highest BCUT2D eigenvalue weighted by molar-refractivity contribution is 6.50. The molecule has 0 aliphatic rings. The Labute approximate surface area is 283 Å². The molecule has 10 aromatic rings. The molecular formula is C46H33NO2. The third-order valence-electron chi connectivity index (χ3n) is 11.0. The SMILES string of the molecule is CC(C)c1cccc(C(C)C)c1-n1c(=O)c2c3cc(-c4ccccc4)c4ccc5ccc6c(-c7ccccc7)cc(c2c1=O)c1c6c5c4c31. The van der Waals surface area contributed by atoms with Gasteiger partial charge in [-0.3, -0.25) is 9.59 Å². The van der Waals surface area contributed by atoms with E-state index >= 15 is 9.59 Å². The van der Waals surface area contributed by atoms with Gasteiger partial charge in [-0.1, -0.05) is 131 Å². The van der Waals surface area contributed by atoms with Crippen LogP contribution in [0.4, 0.5) is 0 Å². The molecule has 0 amide bonds. The maximum atomic E-state index is 15.2. The fourth-order valence-corrected chi connectivity index (χ4v) is 8.87. The van der Waals surface area contributed by atoms with Gasteiger partial charge >= 0.3 is 0 Å². The molecule has 10 rings (SSSR count). The standard InChI is InChI=1S/C46H33NO2/c1-24(2)29-16-11-17-30(25(3)4)44(29)47-45(48)42-35-22-33(26-12-7-5-8-13-26)31-20-18-28-19-21-32-34(27-14-9-6-10-15-27)23-36(43(42)46(47)49)41-39(32)37(28)38(31)40(35)41/h5-25H,1-4H3. The van der Waals surface area contributed by atoms with Crippen LogP contribution in [0.2, 0.25) is 0 Å². The number of hydrogen-bond acceptors (Lipinski definition) is 2. The minimum absolute atomic E-state index is 0.128. The predicted octanol–water partition coefficient (Wildman–Crippen LogP) is 11.4. The molecule has 0 unspecified atom stereocenters. The molecule has 1 aromatic heterocycles. The molecule has 49 heavy (non-hydrogen) atoms. The first-order valence-corrected chi connectivity index (χ1v) is 17.3. The Morgan fingerprint density at radius 1 is 0.429 bits per heavy atom. The average molecular weight is 632 g/mol. The smallest absolute Gasteiger partial charge is 0.266 e. The van der Waals surface area contributed by atoms with Crippen LogP contribution in [0.3, 0.4) is 0 Å². The van der Waals surface area contributed by atoms with Crippen molar-refractivity contribution in [3.8, 4) is 27.9 Å². The van der Waals surface area contributed by atoms with Crippen LogP contribution in [0.5, 0.6) is 0 Å². The van der Waals surface area contributed by atoms with Gasteiger partial charge < -0.3 is 0 Å². The van der Waals surface area contributed by atoms with Crippen LogP contribution in [-0.2, 0) is 0 Å². The topological polar surface area (TPSA) is 39.1 Å². The van der Waals surface area contributed by atoms with E-state index in [1.165, 1.54) is 36.9 Å². The van der Waals surface area contributed by atoms with Crippen molar-refractivity contribution >= 4 is 64.6 Å². The van der Waals surface area contributed by atoms with Gasteiger partial charge in [0.2, 0.25) is 0 Å². The molecule has 1 heterocycles. The van der Waals surface area contributed by atoms with Gasteiger partial charge in [-0.2, -0.15) is 0 Å². The first kappa shape index (κ1) is 28.2. The zero-order valence-electron chi connectivity index (χ0n) is 27.9. The van der Waals surface area contributed by atoms with Crippen molar-refractivity contribution in [3.05, 3.63) is 147 Å². The molecule has 0 aliphatic carbocycles. The lowest BCUT2D eigenvalue weighted by atomic mass is 9.89. The molecule has 9 aromatic carbocycles. The van der Waals surface area contributed by atoms with E-state index < -0.39 is 0 Å². The Morgan fingerprint density at radius 2 is 0.857 bits per heavy atom. The van der Waals surface area contributed by atoms with E-state index in [0.717, 1.165) is 60.6 Å². The van der Waals surface area contributed by atoms with E-state index in [9.17, 15) is 0 Å². The number of fused-ring (bicyclic) bond motifs is 3. The highest BCUT2D eigenvalue weighted by atomic mass is 16.2. The lowest BCUT2D eigenvalue weighted by Crippen LogP contribution is -2.26. The molecule has 0 aliphatic heterocycles. The quantitative estimate of drug-likeness (QED) is 0.177. The molecule has 0 saturated carbocycles. The van der Waals surface area contributed by atoms with Gasteiger partial charge in [0.25, 0.3) is 11.1 Å². The second-order valence-corrected chi connectivity index (χ2v) is 14.3. The monoisotopic (exact) mass is 631 g/mol. The minimum Gasteiger partial charge on any atom is -0.268 e. The molecule has 0 spiro atoms. The van der Waals surface area contributed by atoms with E-state index in [0.29, 0.717) is 10.8 Å². The summed E-state index contributed by atoms with van der Waals surface area (Å²) in [7, 11) is 0. The number of nitrogens with zero attached hydrogens (tertiary/aromatic N) is 1. The molecular weight excluding hydrogens is 599 g/mol. The largest absolute Gasteiger partial charge is 0.268 e.